The summed E-state index contributed by atoms with van der Waals surface area (Å²) in [5.41, 5.74) is 0. The molecule has 3 heteroatoms. The van der Waals surface area contributed by atoms with E-state index in [9.17, 15) is 5.11 Å². The summed E-state index contributed by atoms with van der Waals surface area (Å²) in [6.07, 6.45) is 9.21. The molecule has 0 bridgehead atoms. The molecule has 2 aliphatic carbocycles. The zero-order valence-corrected chi connectivity index (χ0v) is 10.9. The maximum Gasteiger partial charge on any atom is 0.0897 e. The second-order valence-electron chi connectivity index (χ2n) is 5.80. The van der Waals surface area contributed by atoms with Gasteiger partial charge in [0.05, 0.1) is 12.7 Å². The molecule has 2 N–H and O–H groups in total. The number of hydrogen-bond acceptors (Lipinski definition) is 3. The molecule has 0 aromatic rings. The summed E-state index contributed by atoms with van der Waals surface area (Å²) in [5, 5.41) is 13.1. The van der Waals surface area contributed by atoms with Crippen molar-refractivity contribution in [1.29, 1.82) is 0 Å². The molecule has 1 unspecified atom stereocenters. The maximum atomic E-state index is 9.72. The fourth-order valence-electron chi connectivity index (χ4n) is 2.56. The Kier molecular flexibility index (Phi) is 5.75. The van der Waals surface area contributed by atoms with Gasteiger partial charge in [0.1, 0.15) is 0 Å². The van der Waals surface area contributed by atoms with Crippen LogP contribution in [0.1, 0.15) is 44.9 Å². The molecule has 17 heavy (non-hydrogen) atoms. The van der Waals surface area contributed by atoms with Gasteiger partial charge in [0.25, 0.3) is 0 Å². The fourth-order valence-corrected chi connectivity index (χ4v) is 2.56. The Morgan fingerprint density at radius 3 is 2.53 bits per heavy atom. The van der Waals surface area contributed by atoms with E-state index in [1.165, 1.54) is 44.9 Å². The first kappa shape index (κ1) is 13.3. The highest BCUT2D eigenvalue weighted by Crippen LogP contribution is 2.28. The molecule has 0 amide bonds. The normalized spacial score (nSPS) is 23.8. The van der Waals surface area contributed by atoms with Crippen LogP contribution in [-0.2, 0) is 4.74 Å². The van der Waals surface area contributed by atoms with E-state index in [0.29, 0.717) is 13.2 Å². The molecule has 0 spiro atoms. The van der Waals surface area contributed by atoms with Crippen molar-refractivity contribution in [3.63, 3.8) is 0 Å². The van der Waals surface area contributed by atoms with Gasteiger partial charge >= 0.3 is 0 Å². The van der Waals surface area contributed by atoms with Crippen LogP contribution in [0.5, 0.6) is 0 Å². The van der Waals surface area contributed by atoms with Crippen LogP contribution in [0, 0.1) is 11.8 Å². The van der Waals surface area contributed by atoms with Crippen molar-refractivity contribution >= 4 is 0 Å². The maximum absolute atomic E-state index is 9.72. The van der Waals surface area contributed by atoms with Crippen LogP contribution >= 0.6 is 0 Å². The predicted octanol–water partition coefficient (Wildman–Crippen LogP) is 1.94. The third-order valence-corrected chi connectivity index (χ3v) is 3.90. The van der Waals surface area contributed by atoms with Gasteiger partial charge in [-0.1, -0.05) is 19.3 Å². The summed E-state index contributed by atoms with van der Waals surface area (Å²) in [4.78, 5) is 0. The highest BCUT2D eigenvalue weighted by atomic mass is 16.5. The molecular formula is C14H27NO2. The molecule has 100 valence electrons. The summed E-state index contributed by atoms with van der Waals surface area (Å²) < 4.78 is 5.47. The van der Waals surface area contributed by atoms with E-state index >= 15 is 0 Å². The summed E-state index contributed by atoms with van der Waals surface area (Å²) >= 11 is 0. The predicted molar refractivity (Wildman–Crippen MR) is 69.0 cm³/mol. The van der Waals surface area contributed by atoms with Gasteiger partial charge in [-0.05, 0) is 44.1 Å². The first-order valence-corrected chi connectivity index (χ1v) is 7.31. The number of rotatable bonds is 8. The minimum Gasteiger partial charge on any atom is -0.389 e. The Balaban J connectivity index is 1.42. The van der Waals surface area contributed by atoms with Crippen molar-refractivity contribution in [3.8, 4) is 0 Å². The first-order chi connectivity index (χ1) is 8.34. The lowest BCUT2D eigenvalue weighted by Gasteiger charge is -2.22. The Morgan fingerprint density at radius 2 is 1.82 bits per heavy atom. The van der Waals surface area contributed by atoms with Crippen molar-refractivity contribution in [2.75, 3.05) is 26.3 Å². The smallest absolute Gasteiger partial charge is 0.0897 e. The van der Waals surface area contributed by atoms with Gasteiger partial charge in [-0.2, -0.15) is 0 Å². The molecule has 2 fully saturated rings. The molecule has 0 aromatic heterocycles. The molecule has 0 saturated heterocycles. The Labute approximate surface area is 105 Å². The number of hydrogen-bond donors (Lipinski definition) is 2. The largest absolute Gasteiger partial charge is 0.389 e. The molecule has 2 rings (SSSR count). The van der Waals surface area contributed by atoms with E-state index < -0.39 is 0 Å². The lowest BCUT2D eigenvalue weighted by Crippen LogP contribution is -2.34. The average molecular weight is 241 g/mol. The minimum absolute atomic E-state index is 0.336. The molecule has 0 aromatic carbocycles. The van der Waals surface area contributed by atoms with Crippen LogP contribution in [0.4, 0.5) is 0 Å². The molecule has 1 atom stereocenters. The van der Waals surface area contributed by atoms with Crippen LogP contribution in [0.25, 0.3) is 0 Å². The minimum atomic E-state index is -0.336. The van der Waals surface area contributed by atoms with Gasteiger partial charge in [-0.25, -0.2) is 0 Å². The van der Waals surface area contributed by atoms with Crippen molar-refractivity contribution < 1.29 is 9.84 Å². The van der Waals surface area contributed by atoms with Crippen molar-refractivity contribution in [2.24, 2.45) is 11.8 Å². The number of aliphatic hydroxyl groups is 1. The Bertz CT molecular complexity index is 200. The summed E-state index contributed by atoms with van der Waals surface area (Å²) in [6, 6.07) is 0. The summed E-state index contributed by atoms with van der Waals surface area (Å²) in [6.45, 7) is 3.09. The topological polar surface area (TPSA) is 41.5 Å². The van der Waals surface area contributed by atoms with E-state index in [2.05, 4.69) is 5.32 Å². The molecule has 3 nitrogen and oxygen atoms in total. The second-order valence-corrected chi connectivity index (χ2v) is 5.80. The third-order valence-electron chi connectivity index (χ3n) is 3.90. The van der Waals surface area contributed by atoms with Crippen LogP contribution in [0.3, 0.4) is 0 Å². The van der Waals surface area contributed by atoms with E-state index in [4.69, 9.17) is 4.74 Å². The lowest BCUT2D eigenvalue weighted by molar-refractivity contribution is 0.0320. The van der Waals surface area contributed by atoms with Crippen molar-refractivity contribution in [3.05, 3.63) is 0 Å². The molecule has 0 aliphatic heterocycles. The van der Waals surface area contributed by atoms with Gasteiger partial charge in [0, 0.05) is 13.2 Å². The van der Waals surface area contributed by atoms with Crippen LogP contribution < -0.4 is 5.32 Å². The summed E-state index contributed by atoms with van der Waals surface area (Å²) in [7, 11) is 0. The quantitative estimate of drug-likeness (QED) is 0.682. The highest BCUT2D eigenvalue weighted by molar-refractivity contribution is 4.73. The van der Waals surface area contributed by atoms with Gasteiger partial charge in [-0.3, -0.25) is 0 Å². The Hall–Kier alpha value is -0.120. The third kappa shape index (κ3) is 5.84. The van der Waals surface area contributed by atoms with Crippen LogP contribution in [0.15, 0.2) is 0 Å². The first-order valence-electron chi connectivity index (χ1n) is 7.31. The van der Waals surface area contributed by atoms with E-state index in [-0.39, 0.29) is 6.10 Å². The van der Waals surface area contributed by atoms with Crippen LogP contribution in [0.2, 0.25) is 0 Å². The number of aliphatic hydroxyl groups excluding tert-OH is 1. The molecule has 0 heterocycles. The molecule has 0 radical (unpaired) electrons. The fraction of sp³-hybridized carbons (Fsp3) is 1.00. The van der Waals surface area contributed by atoms with Gasteiger partial charge < -0.3 is 15.2 Å². The van der Waals surface area contributed by atoms with Gasteiger partial charge in [0.2, 0.25) is 0 Å². The van der Waals surface area contributed by atoms with Gasteiger partial charge in [-0.15, -0.1) is 0 Å². The lowest BCUT2D eigenvalue weighted by atomic mass is 9.89. The molecule has 2 aliphatic rings. The standard InChI is InChI=1S/C14H27NO2/c16-14(11-17-10-13-6-7-13)9-15-8-12-4-2-1-3-5-12/h12-16H,1-11H2. The SMILES string of the molecule is OC(CNCC1CCCCC1)COCC1CC1. The van der Waals surface area contributed by atoms with E-state index in [1.807, 2.05) is 0 Å². The second kappa shape index (κ2) is 7.34. The molecule has 2 saturated carbocycles. The van der Waals surface area contributed by atoms with Gasteiger partial charge in [0.15, 0.2) is 0 Å². The summed E-state index contributed by atoms with van der Waals surface area (Å²) in [5.74, 6) is 1.63. The average Bonchev–Trinajstić information content (AvgIpc) is 3.14. The zero-order valence-electron chi connectivity index (χ0n) is 10.9. The van der Waals surface area contributed by atoms with E-state index in [0.717, 1.165) is 25.0 Å². The number of nitrogens with one attached hydrogen (secondary N) is 1. The molecular weight excluding hydrogens is 214 g/mol. The van der Waals surface area contributed by atoms with Crippen molar-refractivity contribution in [2.45, 2.75) is 51.0 Å². The Morgan fingerprint density at radius 1 is 1.06 bits per heavy atom. The zero-order chi connectivity index (χ0) is 11.9. The van der Waals surface area contributed by atoms with Crippen LogP contribution in [-0.4, -0.2) is 37.5 Å². The van der Waals surface area contributed by atoms with Crippen molar-refractivity contribution in [1.82, 2.24) is 5.32 Å². The highest BCUT2D eigenvalue weighted by Gasteiger charge is 2.21. The van der Waals surface area contributed by atoms with E-state index in [1.54, 1.807) is 0 Å². The monoisotopic (exact) mass is 241 g/mol. The number of ether oxygens (including phenoxy) is 1.